The van der Waals surface area contributed by atoms with Crippen molar-refractivity contribution in [3.63, 3.8) is 0 Å². The molecule has 1 unspecified atom stereocenters. The van der Waals surface area contributed by atoms with Crippen LogP contribution in [-0.4, -0.2) is 46.1 Å². The molecule has 6 nitrogen and oxygen atoms in total. The monoisotopic (exact) mass is 626 g/mol. The Morgan fingerprint density at radius 1 is 0.889 bits per heavy atom. The Labute approximate surface area is 272 Å². The summed E-state index contributed by atoms with van der Waals surface area (Å²) in [7, 11) is 0. The van der Waals surface area contributed by atoms with Crippen LogP contribution in [0.1, 0.15) is 156 Å². The lowest BCUT2D eigenvalue weighted by atomic mass is 9.46. The van der Waals surface area contributed by atoms with E-state index in [1.54, 1.807) is 12.2 Å². The number of ether oxygens (including phenoxy) is 1. The minimum absolute atomic E-state index is 0.00559. The summed E-state index contributed by atoms with van der Waals surface area (Å²) in [6.45, 7) is 5.93. The molecule has 0 aromatic carbocycles. The average molecular weight is 627 g/mol. The number of rotatable bonds is 19. The van der Waals surface area contributed by atoms with E-state index in [1.807, 2.05) is 13.0 Å². The number of carbonyl (C=O) groups excluding carboxylic acids is 3. The molecule has 254 valence electrons. The van der Waals surface area contributed by atoms with Gasteiger partial charge in [0.2, 0.25) is 5.78 Å². The van der Waals surface area contributed by atoms with Gasteiger partial charge in [-0.05, 0) is 62.5 Å². The third-order valence-electron chi connectivity index (χ3n) is 12.5. The predicted molar refractivity (Wildman–Crippen MR) is 178 cm³/mol. The Morgan fingerprint density at radius 3 is 2.07 bits per heavy atom. The van der Waals surface area contributed by atoms with Gasteiger partial charge in [0.05, 0.1) is 6.10 Å². The van der Waals surface area contributed by atoms with Crippen molar-refractivity contribution in [3.8, 4) is 0 Å². The van der Waals surface area contributed by atoms with Crippen molar-refractivity contribution >= 4 is 17.5 Å². The van der Waals surface area contributed by atoms with Crippen LogP contribution in [0.15, 0.2) is 23.8 Å². The van der Waals surface area contributed by atoms with Crippen LogP contribution < -0.4 is 0 Å². The van der Waals surface area contributed by atoms with Crippen LogP contribution in [0.2, 0.25) is 0 Å². The summed E-state index contributed by atoms with van der Waals surface area (Å²) in [5, 5.41) is 23.4. The fourth-order valence-electron chi connectivity index (χ4n) is 9.77. The van der Waals surface area contributed by atoms with E-state index >= 15 is 0 Å². The molecule has 0 aromatic rings. The van der Waals surface area contributed by atoms with Gasteiger partial charge in [-0.1, -0.05) is 122 Å². The molecule has 0 spiro atoms. The Bertz CT molecular complexity index is 1080. The molecule has 2 N–H and O–H groups in total. The summed E-state index contributed by atoms with van der Waals surface area (Å²) in [5.74, 6) is -0.623. The minimum atomic E-state index is -1.62. The molecule has 45 heavy (non-hydrogen) atoms. The molecule has 0 radical (unpaired) electrons. The van der Waals surface area contributed by atoms with E-state index in [2.05, 4.69) is 13.8 Å². The summed E-state index contributed by atoms with van der Waals surface area (Å²) < 4.78 is 5.40. The fourth-order valence-corrected chi connectivity index (χ4v) is 9.77. The molecule has 0 amide bonds. The van der Waals surface area contributed by atoms with Crippen LogP contribution in [0.3, 0.4) is 0 Å². The zero-order valence-electron chi connectivity index (χ0n) is 28.6. The Kier molecular flexibility index (Phi) is 13.1. The second-order valence-corrected chi connectivity index (χ2v) is 15.4. The summed E-state index contributed by atoms with van der Waals surface area (Å²) in [6, 6.07) is 0. The molecule has 0 bridgehead atoms. The number of aliphatic hydroxyl groups excluding tert-OH is 1. The van der Waals surface area contributed by atoms with Crippen molar-refractivity contribution in [2.75, 3.05) is 6.61 Å². The lowest BCUT2D eigenvalue weighted by Gasteiger charge is -2.59. The minimum Gasteiger partial charge on any atom is -0.458 e. The molecule has 4 rings (SSSR count). The first-order valence-corrected chi connectivity index (χ1v) is 18.6. The second-order valence-electron chi connectivity index (χ2n) is 15.4. The van der Waals surface area contributed by atoms with Gasteiger partial charge >= 0.3 is 5.97 Å². The van der Waals surface area contributed by atoms with E-state index in [0.29, 0.717) is 25.7 Å². The van der Waals surface area contributed by atoms with Crippen LogP contribution in [0.25, 0.3) is 0 Å². The van der Waals surface area contributed by atoms with Crippen molar-refractivity contribution in [1.82, 2.24) is 0 Å². The van der Waals surface area contributed by atoms with E-state index in [4.69, 9.17) is 4.74 Å². The zero-order valence-corrected chi connectivity index (χ0v) is 28.6. The highest BCUT2D eigenvalue weighted by atomic mass is 16.5. The number of carbonyl (C=O) groups is 3. The summed E-state index contributed by atoms with van der Waals surface area (Å²) in [6.07, 6.45) is 26.9. The van der Waals surface area contributed by atoms with Crippen LogP contribution in [-0.2, 0) is 19.1 Å². The van der Waals surface area contributed by atoms with Gasteiger partial charge in [0.25, 0.3) is 0 Å². The zero-order chi connectivity index (χ0) is 32.5. The van der Waals surface area contributed by atoms with Crippen LogP contribution in [0.5, 0.6) is 0 Å². The number of hydrogen-bond donors (Lipinski definition) is 2. The molecular weight excluding hydrogens is 564 g/mol. The number of Topliss-reactive ketones (excluding diaryl/α,β-unsaturated/α-hetero) is 1. The molecule has 4 aliphatic carbocycles. The molecule has 6 heteroatoms. The van der Waals surface area contributed by atoms with Gasteiger partial charge in [-0.25, -0.2) is 0 Å². The Morgan fingerprint density at radius 2 is 1.47 bits per heavy atom. The van der Waals surface area contributed by atoms with Crippen molar-refractivity contribution in [2.24, 2.45) is 28.6 Å². The average Bonchev–Trinajstić information content (AvgIpc) is 3.28. The van der Waals surface area contributed by atoms with Gasteiger partial charge in [-0.3, -0.25) is 14.4 Å². The highest BCUT2D eigenvalue weighted by Gasteiger charge is 2.68. The predicted octanol–water partition coefficient (Wildman–Crippen LogP) is 8.37. The van der Waals surface area contributed by atoms with Crippen molar-refractivity contribution < 1.29 is 29.3 Å². The first kappa shape index (κ1) is 36.1. The van der Waals surface area contributed by atoms with E-state index in [9.17, 15) is 24.6 Å². The van der Waals surface area contributed by atoms with E-state index in [0.717, 1.165) is 37.7 Å². The largest absolute Gasteiger partial charge is 0.458 e. The van der Waals surface area contributed by atoms with Gasteiger partial charge in [-0.15, -0.1) is 0 Å². The molecule has 0 aliphatic heterocycles. The maximum absolute atomic E-state index is 13.5. The summed E-state index contributed by atoms with van der Waals surface area (Å²) >= 11 is 0. The number of aliphatic hydroxyl groups is 2. The van der Waals surface area contributed by atoms with Crippen LogP contribution in [0, 0.1) is 28.6 Å². The third-order valence-corrected chi connectivity index (χ3v) is 12.5. The van der Waals surface area contributed by atoms with Crippen molar-refractivity contribution in [3.05, 3.63) is 23.8 Å². The standard InChI is InChI=1S/C39H62O6/c1-4-5-6-7-8-9-10-11-12-13-14-15-16-17-18-19-35(43)45-28-34(42)39(44)25-23-32-31-21-20-29-26-30(40)22-24-37(29,2)36(31)33(41)27-38(32,39)3/h22,24,26,31-33,36,41,44H,4-21,23,25,27-28H2,1-3H3/t31-,32-,33?,36+,37-,38-,39-/m0/s1. The van der Waals surface area contributed by atoms with E-state index in [1.165, 1.54) is 77.0 Å². The first-order valence-electron chi connectivity index (χ1n) is 18.6. The van der Waals surface area contributed by atoms with E-state index in [-0.39, 0.29) is 34.9 Å². The number of unbranched alkanes of at least 4 members (excludes halogenated alkanes) is 14. The lowest BCUT2D eigenvalue weighted by molar-refractivity contribution is -0.181. The SMILES string of the molecule is CCCCCCCCCCCCCCCCCC(=O)OCC(=O)[C@@]1(O)CC[C@H]2[C@@H]3CCC4=CC(=O)C=C[C@]4(C)[C@H]3C(O)C[C@@]21C. The van der Waals surface area contributed by atoms with Crippen LogP contribution >= 0.6 is 0 Å². The topological polar surface area (TPSA) is 101 Å². The third kappa shape index (κ3) is 8.20. The Hall–Kier alpha value is -1.79. The number of ketones is 2. The number of hydrogen-bond acceptors (Lipinski definition) is 6. The number of esters is 1. The van der Waals surface area contributed by atoms with Gasteiger partial charge in [0.1, 0.15) is 5.60 Å². The van der Waals surface area contributed by atoms with Crippen molar-refractivity contribution in [1.29, 1.82) is 0 Å². The molecule has 0 heterocycles. The molecular formula is C39H62O6. The molecule has 3 fully saturated rings. The van der Waals surface area contributed by atoms with Gasteiger partial charge in [0.15, 0.2) is 12.4 Å². The first-order chi connectivity index (χ1) is 21.6. The summed E-state index contributed by atoms with van der Waals surface area (Å²) in [4.78, 5) is 38.0. The molecule has 7 atom stereocenters. The number of fused-ring (bicyclic) bond motifs is 5. The van der Waals surface area contributed by atoms with E-state index < -0.39 is 29.5 Å². The van der Waals surface area contributed by atoms with Gasteiger partial charge < -0.3 is 14.9 Å². The molecule has 0 saturated heterocycles. The van der Waals surface area contributed by atoms with Gasteiger partial charge in [-0.2, -0.15) is 0 Å². The molecule has 0 aromatic heterocycles. The van der Waals surface area contributed by atoms with Crippen LogP contribution in [0.4, 0.5) is 0 Å². The highest BCUT2D eigenvalue weighted by Crippen LogP contribution is 2.67. The molecule has 4 aliphatic rings. The molecule has 3 saturated carbocycles. The number of allylic oxidation sites excluding steroid dienone is 4. The maximum atomic E-state index is 13.5. The smallest absolute Gasteiger partial charge is 0.306 e. The quantitative estimate of drug-likeness (QED) is 0.110. The highest BCUT2D eigenvalue weighted by molar-refractivity contribution is 6.01. The lowest BCUT2D eigenvalue weighted by Crippen LogP contribution is -2.61. The maximum Gasteiger partial charge on any atom is 0.306 e. The Balaban J connectivity index is 1.13. The summed E-state index contributed by atoms with van der Waals surface area (Å²) in [5.41, 5.74) is -1.69. The van der Waals surface area contributed by atoms with Gasteiger partial charge in [0, 0.05) is 23.2 Å². The fraction of sp³-hybridized carbons (Fsp3) is 0.821. The van der Waals surface area contributed by atoms with Crippen molar-refractivity contribution in [2.45, 2.75) is 167 Å². The normalized spacial score (nSPS) is 33.7. The second kappa shape index (κ2) is 16.4.